The molecule has 0 fully saturated rings. The Morgan fingerprint density at radius 1 is 1.33 bits per heavy atom. The van der Waals surface area contributed by atoms with Gasteiger partial charge in [-0.3, -0.25) is 0 Å². The zero-order valence-electron chi connectivity index (χ0n) is 11.0. The zero-order valence-corrected chi connectivity index (χ0v) is 11.0. The van der Waals surface area contributed by atoms with Crippen molar-refractivity contribution in [1.29, 1.82) is 0 Å². The molecule has 0 spiro atoms. The number of nitrogens with one attached hydrogen (secondary N) is 1. The van der Waals surface area contributed by atoms with E-state index in [2.05, 4.69) is 36.2 Å². The predicted octanol–water partition coefficient (Wildman–Crippen LogP) is 3.34. The highest BCUT2D eigenvalue weighted by Crippen LogP contribution is 2.39. The van der Waals surface area contributed by atoms with Crippen LogP contribution in [0.4, 0.5) is 0 Å². The van der Waals surface area contributed by atoms with E-state index in [9.17, 15) is 0 Å². The maximum atomic E-state index is 5.96. The molecular weight excluding hydrogens is 226 g/mol. The van der Waals surface area contributed by atoms with E-state index in [4.69, 9.17) is 9.47 Å². The van der Waals surface area contributed by atoms with Gasteiger partial charge in [0.2, 0.25) is 5.79 Å². The SMILES string of the molecule is CCOC1(CC)OCCc2c1[nH]c1ccccc21. The first kappa shape index (κ1) is 11.8. The van der Waals surface area contributed by atoms with Crippen molar-refractivity contribution in [2.45, 2.75) is 32.5 Å². The fraction of sp³-hybridized carbons (Fsp3) is 0.467. The molecule has 1 atom stereocenters. The molecule has 1 aromatic carbocycles. The summed E-state index contributed by atoms with van der Waals surface area (Å²) in [4.78, 5) is 3.49. The van der Waals surface area contributed by atoms with Crippen molar-refractivity contribution in [3.05, 3.63) is 35.5 Å². The van der Waals surface area contributed by atoms with Crippen LogP contribution in [0, 0.1) is 0 Å². The largest absolute Gasteiger partial charge is 0.354 e. The van der Waals surface area contributed by atoms with Gasteiger partial charge in [-0.25, -0.2) is 0 Å². The van der Waals surface area contributed by atoms with Crippen LogP contribution in [0.2, 0.25) is 0 Å². The molecule has 0 bridgehead atoms. The Morgan fingerprint density at radius 2 is 2.17 bits per heavy atom. The minimum Gasteiger partial charge on any atom is -0.354 e. The quantitative estimate of drug-likeness (QED) is 0.900. The van der Waals surface area contributed by atoms with Gasteiger partial charge in [-0.15, -0.1) is 0 Å². The number of H-pyrrole nitrogens is 1. The second-order valence-electron chi connectivity index (χ2n) is 4.66. The molecule has 0 saturated carbocycles. The molecule has 0 saturated heterocycles. The molecule has 2 heterocycles. The highest BCUT2D eigenvalue weighted by molar-refractivity contribution is 5.85. The molecule has 0 amide bonds. The number of rotatable bonds is 3. The van der Waals surface area contributed by atoms with Gasteiger partial charge >= 0.3 is 0 Å². The van der Waals surface area contributed by atoms with Gasteiger partial charge in [-0.05, 0) is 25.0 Å². The number of hydrogen-bond acceptors (Lipinski definition) is 2. The third-order valence-electron chi connectivity index (χ3n) is 3.72. The van der Waals surface area contributed by atoms with Crippen LogP contribution < -0.4 is 0 Å². The normalized spacial score (nSPS) is 23.2. The van der Waals surface area contributed by atoms with Gasteiger partial charge in [0.15, 0.2) is 0 Å². The summed E-state index contributed by atoms with van der Waals surface area (Å²) in [6.07, 6.45) is 1.77. The van der Waals surface area contributed by atoms with E-state index in [-0.39, 0.29) is 0 Å². The van der Waals surface area contributed by atoms with Crippen molar-refractivity contribution in [2.75, 3.05) is 13.2 Å². The lowest BCUT2D eigenvalue weighted by Gasteiger charge is -2.36. The van der Waals surface area contributed by atoms with Crippen LogP contribution in [0.3, 0.4) is 0 Å². The number of aromatic amines is 1. The van der Waals surface area contributed by atoms with Gasteiger partial charge in [-0.1, -0.05) is 25.1 Å². The summed E-state index contributed by atoms with van der Waals surface area (Å²) in [7, 11) is 0. The first-order chi connectivity index (χ1) is 8.80. The molecule has 1 aromatic heterocycles. The van der Waals surface area contributed by atoms with Crippen molar-refractivity contribution in [3.8, 4) is 0 Å². The fourth-order valence-corrected chi connectivity index (χ4v) is 2.90. The Balaban J connectivity index is 2.21. The molecule has 1 unspecified atom stereocenters. The summed E-state index contributed by atoms with van der Waals surface area (Å²) in [5, 5.41) is 1.30. The summed E-state index contributed by atoms with van der Waals surface area (Å²) in [5.41, 5.74) is 3.64. The van der Waals surface area contributed by atoms with Crippen molar-refractivity contribution < 1.29 is 9.47 Å². The van der Waals surface area contributed by atoms with Crippen LogP contribution >= 0.6 is 0 Å². The molecule has 96 valence electrons. The lowest BCUT2D eigenvalue weighted by molar-refractivity contribution is -0.254. The van der Waals surface area contributed by atoms with Crippen LogP contribution in [0.25, 0.3) is 10.9 Å². The van der Waals surface area contributed by atoms with Gasteiger partial charge in [0.25, 0.3) is 0 Å². The van der Waals surface area contributed by atoms with Crippen molar-refractivity contribution >= 4 is 10.9 Å². The van der Waals surface area contributed by atoms with Crippen LogP contribution in [0.5, 0.6) is 0 Å². The fourth-order valence-electron chi connectivity index (χ4n) is 2.90. The average molecular weight is 245 g/mol. The maximum Gasteiger partial charge on any atom is 0.210 e. The minimum atomic E-state index is -0.582. The standard InChI is InChI=1S/C15H19NO2/c1-3-15(17-4-2)14-12(9-10-18-15)11-7-5-6-8-13(11)16-14/h5-8,16H,3-4,9-10H2,1-2H3. The van der Waals surface area contributed by atoms with E-state index in [0.717, 1.165) is 25.1 Å². The van der Waals surface area contributed by atoms with E-state index in [1.165, 1.54) is 16.5 Å². The lowest BCUT2D eigenvalue weighted by atomic mass is 9.98. The second kappa shape index (κ2) is 4.41. The van der Waals surface area contributed by atoms with E-state index in [0.29, 0.717) is 6.61 Å². The van der Waals surface area contributed by atoms with Crippen LogP contribution in [0.15, 0.2) is 24.3 Å². The molecule has 2 aromatic rings. The van der Waals surface area contributed by atoms with E-state index in [1.807, 2.05) is 6.92 Å². The van der Waals surface area contributed by atoms with Crippen molar-refractivity contribution in [1.82, 2.24) is 4.98 Å². The first-order valence-corrected chi connectivity index (χ1v) is 6.68. The highest BCUT2D eigenvalue weighted by Gasteiger charge is 2.39. The van der Waals surface area contributed by atoms with E-state index < -0.39 is 5.79 Å². The molecule has 0 radical (unpaired) electrons. The Labute approximate surface area is 107 Å². The third kappa shape index (κ3) is 1.58. The molecule has 3 nitrogen and oxygen atoms in total. The first-order valence-electron chi connectivity index (χ1n) is 6.68. The predicted molar refractivity (Wildman–Crippen MR) is 71.5 cm³/mol. The summed E-state index contributed by atoms with van der Waals surface area (Å²) in [6, 6.07) is 8.42. The number of hydrogen-bond donors (Lipinski definition) is 1. The molecule has 1 N–H and O–H groups in total. The maximum absolute atomic E-state index is 5.96. The van der Waals surface area contributed by atoms with Gasteiger partial charge in [-0.2, -0.15) is 0 Å². The minimum absolute atomic E-state index is 0.582. The Bertz CT molecular complexity index is 561. The number of ether oxygens (including phenoxy) is 2. The Hall–Kier alpha value is -1.32. The topological polar surface area (TPSA) is 34.2 Å². The third-order valence-corrected chi connectivity index (χ3v) is 3.72. The number of aromatic nitrogens is 1. The lowest BCUT2D eigenvalue weighted by Crippen LogP contribution is -2.37. The zero-order chi connectivity index (χ0) is 12.6. The smallest absolute Gasteiger partial charge is 0.210 e. The van der Waals surface area contributed by atoms with Gasteiger partial charge in [0, 0.05) is 23.9 Å². The molecule has 1 aliphatic rings. The summed E-state index contributed by atoms with van der Waals surface area (Å²) in [6.45, 7) is 5.50. The average Bonchev–Trinajstić information content (AvgIpc) is 2.79. The summed E-state index contributed by atoms with van der Waals surface area (Å²) < 4.78 is 11.9. The Kier molecular flexibility index (Phi) is 2.88. The van der Waals surface area contributed by atoms with E-state index >= 15 is 0 Å². The van der Waals surface area contributed by atoms with Gasteiger partial charge in [0.1, 0.15) is 0 Å². The molecule has 0 aliphatic carbocycles. The molecular formula is C15H19NO2. The van der Waals surface area contributed by atoms with Gasteiger partial charge in [0.05, 0.1) is 12.3 Å². The number of benzene rings is 1. The summed E-state index contributed by atoms with van der Waals surface area (Å²) in [5.74, 6) is -0.582. The van der Waals surface area contributed by atoms with Crippen molar-refractivity contribution in [3.63, 3.8) is 0 Å². The highest BCUT2D eigenvalue weighted by atomic mass is 16.7. The molecule has 1 aliphatic heterocycles. The second-order valence-corrected chi connectivity index (χ2v) is 4.66. The van der Waals surface area contributed by atoms with E-state index in [1.54, 1.807) is 0 Å². The van der Waals surface area contributed by atoms with Gasteiger partial charge < -0.3 is 14.5 Å². The molecule has 3 heteroatoms. The van der Waals surface area contributed by atoms with Crippen LogP contribution in [0.1, 0.15) is 31.5 Å². The monoisotopic (exact) mass is 245 g/mol. The van der Waals surface area contributed by atoms with Crippen LogP contribution in [-0.4, -0.2) is 18.2 Å². The number of para-hydroxylation sites is 1. The Morgan fingerprint density at radius 3 is 2.94 bits per heavy atom. The summed E-state index contributed by atoms with van der Waals surface area (Å²) >= 11 is 0. The van der Waals surface area contributed by atoms with Crippen LogP contribution in [-0.2, 0) is 21.7 Å². The molecule has 3 rings (SSSR count). The van der Waals surface area contributed by atoms with Crippen molar-refractivity contribution in [2.24, 2.45) is 0 Å². The number of fused-ring (bicyclic) bond motifs is 3. The molecule has 18 heavy (non-hydrogen) atoms.